The number of hydrogen-bond donors (Lipinski definition) is 0. The van der Waals surface area contributed by atoms with Gasteiger partial charge in [0.05, 0.1) is 0 Å². The van der Waals surface area contributed by atoms with Gasteiger partial charge in [0.25, 0.3) is 0 Å². The molecule has 1 fully saturated rings. The van der Waals surface area contributed by atoms with Crippen molar-refractivity contribution < 1.29 is 0 Å². The monoisotopic (exact) mass is 219 g/mol. The third-order valence-electron chi connectivity index (χ3n) is 3.71. The fourth-order valence-electron chi connectivity index (χ4n) is 2.79. The summed E-state index contributed by atoms with van der Waals surface area (Å²) in [4.78, 5) is 0. The van der Waals surface area contributed by atoms with E-state index < -0.39 is 0 Å². The lowest BCUT2D eigenvalue weighted by Crippen LogP contribution is -2.06. The zero-order valence-corrected chi connectivity index (χ0v) is 9.92. The van der Waals surface area contributed by atoms with Crippen LogP contribution < -0.4 is 0 Å². The van der Waals surface area contributed by atoms with Crippen LogP contribution in [0.2, 0.25) is 0 Å². The van der Waals surface area contributed by atoms with Crippen molar-refractivity contribution in [1.29, 1.82) is 0 Å². The van der Waals surface area contributed by atoms with E-state index in [1.165, 1.54) is 24.0 Å². The standard InChI is InChI=1S/C16H16B/c1-3-7-13(8-4-1)15-11-12-16(17-15)14-9-5-2-6-10-14/h1-10,15-16H,11-12H2/t15-,16+. The Morgan fingerprint density at radius 1 is 0.647 bits per heavy atom. The first kappa shape index (κ1) is 10.6. The van der Waals surface area contributed by atoms with Gasteiger partial charge in [-0.3, -0.25) is 0 Å². The fraction of sp³-hybridized carbons (Fsp3) is 0.250. The Bertz CT molecular complexity index is 418. The average Bonchev–Trinajstić information content (AvgIpc) is 2.90. The van der Waals surface area contributed by atoms with Crippen LogP contribution in [0.1, 0.15) is 35.6 Å². The first-order valence-electron chi connectivity index (χ1n) is 6.38. The van der Waals surface area contributed by atoms with Gasteiger partial charge in [0, 0.05) is 0 Å². The summed E-state index contributed by atoms with van der Waals surface area (Å²) in [5.74, 6) is 1.28. The first-order valence-corrected chi connectivity index (χ1v) is 6.38. The maximum Gasteiger partial charge on any atom is 0.129 e. The maximum absolute atomic E-state index is 2.52. The third-order valence-corrected chi connectivity index (χ3v) is 3.71. The van der Waals surface area contributed by atoms with Gasteiger partial charge in [-0.25, -0.2) is 0 Å². The summed E-state index contributed by atoms with van der Waals surface area (Å²) in [5.41, 5.74) is 2.93. The summed E-state index contributed by atoms with van der Waals surface area (Å²) in [7, 11) is 2.52. The molecule has 83 valence electrons. The molecule has 0 amide bonds. The largest absolute Gasteiger partial charge is 0.129 e. The minimum Gasteiger partial charge on any atom is -0.0622 e. The van der Waals surface area contributed by atoms with Crippen LogP contribution in [0.4, 0.5) is 0 Å². The molecular weight excluding hydrogens is 203 g/mol. The Hall–Kier alpha value is -1.50. The van der Waals surface area contributed by atoms with Gasteiger partial charge >= 0.3 is 0 Å². The molecule has 0 aromatic heterocycles. The molecule has 1 saturated heterocycles. The Morgan fingerprint density at radius 2 is 1.06 bits per heavy atom. The van der Waals surface area contributed by atoms with Crippen molar-refractivity contribution in [2.24, 2.45) is 0 Å². The number of hydrogen-bond acceptors (Lipinski definition) is 0. The van der Waals surface area contributed by atoms with Crippen molar-refractivity contribution in [1.82, 2.24) is 0 Å². The molecule has 0 spiro atoms. The van der Waals surface area contributed by atoms with E-state index in [2.05, 4.69) is 67.9 Å². The van der Waals surface area contributed by atoms with Crippen LogP contribution in [0, 0.1) is 0 Å². The van der Waals surface area contributed by atoms with E-state index in [9.17, 15) is 0 Å². The van der Waals surface area contributed by atoms with Gasteiger partial charge in [-0.15, -0.1) is 0 Å². The summed E-state index contributed by atoms with van der Waals surface area (Å²) in [6.07, 6.45) is 2.56. The molecule has 0 nitrogen and oxygen atoms in total. The van der Waals surface area contributed by atoms with Gasteiger partial charge in [0.1, 0.15) is 7.28 Å². The highest BCUT2D eigenvalue weighted by molar-refractivity contribution is 6.41. The molecule has 2 aromatic carbocycles. The average molecular weight is 219 g/mol. The zero-order chi connectivity index (χ0) is 11.5. The molecule has 17 heavy (non-hydrogen) atoms. The highest BCUT2D eigenvalue weighted by atomic mass is 14.2. The van der Waals surface area contributed by atoms with Gasteiger partial charge in [-0.1, -0.05) is 84.6 Å². The van der Waals surface area contributed by atoms with Crippen LogP contribution in [0.5, 0.6) is 0 Å². The van der Waals surface area contributed by atoms with Crippen molar-refractivity contribution in [2.75, 3.05) is 0 Å². The minimum absolute atomic E-state index is 0.640. The minimum atomic E-state index is 0.640. The predicted molar refractivity (Wildman–Crippen MR) is 73.4 cm³/mol. The lowest BCUT2D eigenvalue weighted by Gasteiger charge is -2.10. The maximum atomic E-state index is 2.52. The van der Waals surface area contributed by atoms with Crippen LogP contribution in [0.3, 0.4) is 0 Å². The van der Waals surface area contributed by atoms with E-state index in [1.807, 2.05) is 0 Å². The van der Waals surface area contributed by atoms with Gasteiger partial charge in [-0.05, 0) is 11.6 Å². The molecule has 0 bridgehead atoms. The predicted octanol–water partition coefficient (Wildman–Crippen LogP) is 3.97. The Kier molecular flexibility index (Phi) is 3.00. The molecule has 0 unspecified atom stereocenters. The lowest BCUT2D eigenvalue weighted by molar-refractivity contribution is 0.765. The normalized spacial score (nSPS) is 23.3. The molecule has 1 heterocycles. The van der Waals surface area contributed by atoms with Crippen LogP contribution >= 0.6 is 0 Å². The van der Waals surface area contributed by atoms with Crippen molar-refractivity contribution in [3.63, 3.8) is 0 Å². The lowest BCUT2D eigenvalue weighted by atomic mass is 9.57. The molecule has 2 atom stereocenters. The smallest absolute Gasteiger partial charge is 0.0622 e. The Labute approximate surface area is 104 Å². The van der Waals surface area contributed by atoms with E-state index in [-0.39, 0.29) is 0 Å². The van der Waals surface area contributed by atoms with Crippen molar-refractivity contribution in [3.8, 4) is 0 Å². The second kappa shape index (κ2) is 4.79. The molecule has 2 aromatic rings. The molecule has 3 rings (SSSR count). The van der Waals surface area contributed by atoms with Gasteiger partial charge in [-0.2, -0.15) is 0 Å². The van der Waals surface area contributed by atoms with Gasteiger partial charge in [0.2, 0.25) is 0 Å². The van der Waals surface area contributed by atoms with Crippen molar-refractivity contribution >= 4 is 7.28 Å². The fourth-order valence-corrected chi connectivity index (χ4v) is 2.79. The van der Waals surface area contributed by atoms with Crippen LogP contribution in [-0.4, -0.2) is 7.28 Å². The summed E-state index contributed by atoms with van der Waals surface area (Å²) < 4.78 is 0. The van der Waals surface area contributed by atoms with Gasteiger partial charge < -0.3 is 0 Å². The number of rotatable bonds is 2. The second-order valence-corrected chi connectivity index (χ2v) is 4.80. The molecule has 1 heteroatoms. The summed E-state index contributed by atoms with van der Waals surface area (Å²) in [6.45, 7) is 0. The van der Waals surface area contributed by atoms with E-state index in [0.717, 1.165) is 0 Å². The van der Waals surface area contributed by atoms with Crippen LogP contribution in [0.15, 0.2) is 60.7 Å². The first-order chi connectivity index (χ1) is 8.43. The van der Waals surface area contributed by atoms with E-state index in [4.69, 9.17) is 0 Å². The Morgan fingerprint density at radius 3 is 1.47 bits per heavy atom. The molecule has 1 radical (unpaired) electrons. The van der Waals surface area contributed by atoms with Crippen LogP contribution in [0.25, 0.3) is 0 Å². The summed E-state index contributed by atoms with van der Waals surface area (Å²) >= 11 is 0. The number of benzene rings is 2. The quantitative estimate of drug-likeness (QED) is 0.670. The SMILES string of the molecule is [B]1[C@@H](c2ccccc2)CC[C@H]1c1ccccc1. The van der Waals surface area contributed by atoms with Gasteiger partial charge in [0.15, 0.2) is 0 Å². The second-order valence-electron chi connectivity index (χ2n) is 4.80. The summed E-state index contributed by atoms with van der Waals surface area (Å²) in [6, 6.07) is 21.7. The highest BCUT2D eigenvalue weighted by Crippen LogP contribution is 2.36. The van der Waals surface area contributed by atoms with Crippen LogP contribution in [-0.2, 0) is 0 Å². The topological polar surface area (TPSA) is 0 Å². The van der Waals surface area contributed by atoms with Crippen molar-refractivity contribution in [3.05, 3.63) is 71.8 Å². The highest BCUT2D eigenvalue weighted by Gasteiger charge is 2.27. The molecule has 0 aliphatic carbocycles. The van der Waals surface area contributed by atoms with E-state index >= 15 is 0 Å². The Balaban J connectivity index is 1.75. The molecule has 1 aliphatic heterocycles. The zero-order valence-electron chi connectivity index (χ0n) is 9.92. The molecule has 1 aliphatic rings. The van der Waals surface area contributed by atoms with E-state index in [0.29, 0.717) is 11.6 Å². The molecule has 0 saturated carbocycles. The summed E-state index contributed by atoms with van der Waals surface area (Å²) in [5, 5.41) is 0. The van der Waals surface area contributed by atoms with E-state index in [1.54, 1.807) is 0 Å². The van der Waals surface area contributed by atoms with Crippen molar-refractivity contribution in [2.45, 2.75) is 24.5 Å². The third kappa shape index (κ3) is 2.29. The molecule has 0 N–H and O–H groups in total. The molecular formula is C16H16B.